The molecule has 0 bridgehead atoms. The van der Waals surface area contributed by atoms with Crippen molar-refractivity contribution < 1.29 is 29.1 Å². The van der Waals surface area contributed by atoms with Crippen molar-refractivity contribution in [2.45, 2.75) is 75.5 Å². The van der Waals surface area contributed by atoms with Crippen molar-refractivity contribution in [3.05, 3.63) is 0 Å². The molecule has 4 atom stereocenters. The average molecular weight is 497 g/mol. The molecule has 2 fully saturated rings. The molecule has 35 heavy (non-hydrogen) atoms. The number of nitrogens with zero attached hydrogens (tertiary/aromatic N) is 3. The highest BCUT2D eigenvalue weighted by atomic mass is 16.4. The van der Waals surface area contributed by atoms with Gasteiger partial charge in [-0.3, -0.25) is 24.2 Å². The van der Waals surface area contributed by atoms with Gasteiger partial charge in [-0.15, -0.1) is 0 Å². The Balaban J connectivity index is 2.14. The van der Waals surface area contributed by atoms with E-state index >= 15 is 0 Å². The van der Waals surface area contributed by atoms with Crippen LogP contribution in [0.2, 0.25) is 0 Å². The molecule has 196 valence electrons. The number of aliphatic carboxylic acids is 1. The van der Waals surface area contributed by atoms with Crippen molar-refractivity contribution in [3.63, 3.8) is 0 Å². The second-order valence-corrected chi connectivity index (χ2v) is 8.84. The lowest BCUT2D eigenvalue weighted by Crippen LogP contribution is -2.56. The van der Waals surface area contributed by atoms with E-state index in [0.29, 0.717) is 45.2 Å². The van der Waals surface area contributed by atoms with Crippen LogP contribution in [0.5, 0.6) is 0 Å². The number of carbonyl (C=O) groups excluding carboxylic acids is 4. The summed E-state index contributed by atoms with van der Waals surface area (Å²) in [6.07, 6.45) is 2.41. The van der Waals surface area contributed by atoms with Crippen molar-refractivity contribution >= 4 is 35.6 Å². The van der Waals surface area contributed by atoms with Crippen LogP contribution in [0.25, 0.3) is 0 Å². The van der Waals surface area contributed by atoms with Gasteiger partial charge in [-0.1, -0.05) is 0 Å². The quantitative estimate of drug-likeness (QED) is 0.0926. The number of carboxylic acid groups (broad SMARTS) is 1. The first-order valence-electron chi connectivity index (χ1n) is 11.8. The third-order valence-electron chi connectivity index (χ3n) is 6.24. The standard InChI is InChI=1S/C21H36N8O6/c22-12(7-8-16(23)30)17(31)27-13(4-1-9-26-21(24)25)18(32)28-10-2-5-14(28)19(33)29-11-3-6-15(29)20(34)35/h12-15H,1-11,22H2,(H2,23,30)(H,27,31)(H,34,35)(H4,24,25,26). The number of nitrogens with two attached hydrogens (primary N) is 4. The number of primary amides is 1. The Morgan fingerprint density at radius 1 is 0.971 bits per heavy atom. The Morgan fingerprint density at radius 2 is 1.60 bits per heavy atom. The lowest BCUT2D eigenvalue weighted by molar-refractivity contribution is -0.152. The molecular weight excluding hydrogens is 460 g/mol. The average Bonchev–Trinajstić information content (AvgIpc) is 3.48. The molecule has 4 unspecified atom stereocenters. The Morgan fingerprint density at radius 3 is 2.20 bits per heavy atom. The minimum absolute atomic E-state index is 0.0203. The van der Waals surface area contributed by atoms with Gasteiger partial charge in [0.15, 0.2) is 5.96 Å². The van der Waals surface area contributed by atoms with E-state index in [1.807, 2.05) is 0 Å². The van der Waals surface area contributed by atoms with Crippen LogP contribution < -0.4 is 28.3 Å². The van der Waals surface area contributed by atoms with Gasteiger partial charge in [0.1, 0.15) is 18.1 Å². The van der Waals surface area contributed by atoms with Crippen molar-refractivity contribution in [2.24, 2.45) is 27.9 Å². The van der Waals surface area contributed by atoms with Crippen LogP contribution in [0, 0.1) is 0 Å². The zero-order chi connectivity index (χ0) is 26.1. The number of hydrogen-bond acceptors (Lipinski definition) is 7. The molecule has 0 aromatic rings. The zero-order valence-corrected chi connectivity index (χ0v) is 19.7. The van der Waals surface area contributed by atoms with Gasteiger partial charge in [0.25, 0.3) is 0 Å². The largest absolute Gasteiger partial charge is 0.480 e. The van der Waals surface area contributed by atoms with Crippen LogP contribution in [0.1, 0.15) is 51.4 Å². The molecule has 4 amide bonds. The van der Waals surface area contributed by atoms with Gasteiger partial charge < -0.3 is 43.2 Å². The molecule has 0 aliphatic carbocycles. The highest BCUT2D eigenvalue weighted by Gasteiger charge is 2.43. The van der Waals surface area contributed by atoms with Gasteiger partial charge in [-0.05, 0) is 44.9 Å². The highest BCUT2D eigenvalue weighted by molar-refractivity contribution is 5.94. The maximum atomic E-state index is 13.5. The molecule has 10 N–H and O–H groups in total. The molecule has 0 radical (unpaired) electrons. The van der Waals surface area contributed by atoms with Gasteiger partial charge >= 0.3 is 5.97 Å². The second-order valence-electron chi connectivity index (χ2n) is 8.84. The Kier molecular flexibility index (Phi) is 10.2. The summed E-state index contributed by atoms with van der Waals surface area (Å²) in [6, 6.07) is -3.76. The first kappa shape index (κ1) is 27.8. The summed E-state index contributed by atoms with van der Waals surface area (Å²) < 4.78 is 0. The Bertz CT molecular complexity index is 846. The van der Waals surface area contributed by atoms with Crippen molar-refractivity contribution in [3.8, 4) is 0 Å². The monoisotopic (exact) mass is 496 g/mol. The zero-order valence-electron chi connectivity index (χ0n) is 19.7. The first-order valence-corrected chi connectivity index (χ1v) is 11.8. The SMILES string of the molecule is NC(=O)CCC(N)C(=O)NC(CCCN=C(N)N)C(=O)N1CCCC1C(=O)N1CCCC1C(=O)O. The van der Waals surface area contributed by atoms with Crippen LogP contribution in [-0.2, 0) is 24.0 Å². The smallest absolute Gasteiger partial charge is 0.326 e. The summed E-state index contributed by atoms with van der Waals surface area (Å²) in [5.74, 6) is -3.26. The van der Waals surface area contributed by atoms with Gasteiger partial charge in [0.05, 0.1) is 6.04 Å². The summed E-state index contributed by atoms with van der Waals surface area (Å²) in [4.78, 5) is 68.4. The van der Waals surface area contributed by atoms with E-state index in [1.165, 1.54) is 9.80 Å². The van der Waals surface area contributed by atoms with Crippen LogP contribution in [0.15, 0.2) is 4.99 Å². The fourth-order valence-corrected chi connectivity index (χ4v) is 4.43. The summed E-state index contributed by atoms with van der Waals surface area (Å²) in [7, 11) is 0. The second kappa shape index (κ2) is 12.9. The molecule has 2 rings (SSSR count). The highest BCUT2D eigenvalue weighted by Crippen LogP contribution is 2.26. The van der Waals surface area contributed by atoms with Crippen LogP contribution in [0.3, 0.4) is 0 Å². The number of guanidine groups is 1. The maximum absolute atomic E-state index is 13.5. The summed E-state index contributed by atoms with van der Waals surface area (Å²) in [5, 5.41) is 12.1. The van der Waals surface area contributed by atoms with E-state index < -0.39 is 53.8 Å². The fraction of sp³-hybridized carbons (Fsp3) is 0.714. The van der Waals surface area contributed by atoms with E-state index in [2.05, 4.69) is 10.3 Å². The van der Waals surface area contributed by atoms with Crippen LogP contribution >= 0.6 is 0 Å². The number of hydrogen-bond donors (Lipinski definition) is 6. The molecule has 2 saturated heterocycles. The van der Waals surface area contributed by atoms with Gasteiger partial charge in [0.2, 0.25) is 23.6 Å². The normalized spacial score (nSPS) is 21.3. The van der Waals surface area contributed by atoms with Gasteiger partial charge in [-0.2, -0.15) is 0 Å². The van der Waals surface area contributed by atoms with Crippen molar-refractivity contribution in [1.82, 2.24) is 15.1 Å². The Labute approximate surface area is 203 Å². The number of likely N-dealkylation sites (tertiary alicyclic amines) is 2. The molecule has 2 heterocycles. The van der Waals surface area contributed by atoms with Crippen LogP contribution in [-0.4, -0.2) is 94.3 Å². The number of rotatable bonds is 12. The molecule has 2 aliphatic heterocycles. The third-order valence-corrected chi connectivity index (χ3v) is 6.24. The van der Waals surface area contributed by atoms with Gasteiger partial charge in [-0.25, -0.2) is 4.79 Å². The molecule has 14 heteroatoms. The van der Waals surface area contributed by atoms with Crippen molar-refractivity contribution in [1.29, 1.82) is 0 Å². The fourth-order valence-electron chi connectivity index (χ4n) is 4.43. The molecule has 2 aliphatic rings. The minimum Gasteiger partial charge on any atom is -0.480 e. The predicted octanol–water partition coefficient (Wildman–Crippen LogP) is -2.82. The maximum Gasteiger partial charge on any atom is 0.326 e. The third kappa shape index (κ3) is 7.80. The van der Waals surface area contributed by atoms with E-state index in [4.69, 9.17) is 22.9 Å². The number of nitrogens with one attached hydrogen (secondary N) is 1. The summed E-state index contributed by atoms with van der Waals surface area (Å²) >= 11 is 0. The number of carbonyl (C=O) groups is 5. The van der Waals surface area contributed by atoms with E-state index in [0.717, 1.165) is 0 Å². The Hall–Kier alpha value is -3.42. The topological polar surface area (TPSA) is 241 Å². The molecule has 14 nitrogen and oxygen atoms in total. The lowest BCUT2D eigenvalue weighted by atomic mass is 10.1. The number of carboxylic acids is 1. The molecule has 0 spiro atoms. The minimum atomic E-state index is -1.07. The number of amides is 4. The molecule has 0 aromatic carbocycles. The summed E-state index contributed by atoms with van der Waals surface area (Å²) in [5.41, 5.74) is 21.6. The van der Waals surface area contributed by atoms with Crippen LogP contribution in [0.4, 0.5) is 0 Å². The lowest BCUT2D eigenvalue weighted by Gasteiger charge is -2.32. The number of aliphatic imine (C=N–C) groups is 1. The van der Waals surface area contributed by atoms with Gasteiger partial charge in [0, 0.05) is 26.1 Å². The molecule has 0 aromatic heterocycles. The first-order chi connectivity index (χ1) is 16.5. The van der Waals surface area contributed by atoms with E-state index in [-0.39, 0.29) is 31.8 Å². The van der Waals surface area contributed by atoms with E-state index in [9.17, 15) is 29.1 Å². The molecular formula is C21H36N8O6. The predicted molar refractivity (Wildman–Crippen MR) is 125 cm³/mol. The van der Waals surface area contributed by atoms with E-state index in [1.54, 1.807) is 0 Å². The molecule has 0 saturated carbocycles. The van der Waals surface area contributed by atoms with Crippen molar-refractivity contribution in [2.75, 3.05) is 19.6 Å². The summed E-state index contributed by atoms with van der Waals surface area (Å²) in [6.45, 7) is 0.850.